The molecule has 0 N–H and O–H groups in total. The highest BCUT2D eigenvalue weighted by Gasteiger charge is 2.30. The van der Waals surface area contributed by atoms with Crippen molar-refractivity contribution in [1.82, 2.24) is 14.3 Å². The van der Waals surface area contributed by atoms with Crippen LogP contribution in [0.5, 0.6) is 5.75 Å². The second kappa shape index (κ2) is 8.58. The SMILES string of the molecule is COC(=O)c1c(C)n(C2CC2)c2ccc(OC(=O)CCc3cnn(-c4ccccc4)c3)cc12. The minimum atomic E-state index is -0.379. The number of hydrogen-bond acceptors (Lipinski definition) is 5. The molecule has 33 heavy (non-hydrogen) atoms. The molecular formula is C26H25N3O4. The molecule has 0 unspecified atom stereocenters. The average molecular weight is 444 g/mol. The molecule has 0 radical (unpaired) electrons. The number of fused-ring (bicyclic) bond motifs is 1. The minimum Gasteiger partial charge on any atom is -0.465 e. The number of benzene rings is 2. The Balaban J connectivity index is 1.30. The Morgan fingerprint density at radius 2 is 1.91 bits per heavy atom. The number of aryl methyl sites for hydroxylation is 1. The van der Waals surface area contributed by atoms with Gasteiger partial charge in [-0.3, -0.25) is 4.79 Å². The van der Waals surface area contributed by atoms with Crippen LogP contribution < -0.4 is 4.74 Å². The average Bonchev–Trinajstić information content (AvgIpc) is 3.47. The molecule has 1 fully saturated rings. The summed E-state index contributed by atoms with van der Waals surface area (Å²) < 4.78 is 14.6. The molecule has 0 saturated heterocycles. The van der Waals surface area contributed by atoms with Crippen LogP contribution in [0.4, 0.5) is 0 Å². The first-order valence-corrected chi connectivity index (χ1v) is 11.1. The number of hydrogen-bond donors (Lipinski definition) is 0. The number of rotatable bonds is 7. The van der Waals surface area contributed by atoms with E-state index >= 15 is 0 Å². The van der Waals surface area contributed by atoms with Crippen molar-refractivity contribution in [2.45, 2.75) is 38.6 Å². The van der Waals surface area contributed by atoms with Crippen LogP contribution >= 0.6 is 0 Å². The molecular weight excluding hydrogens is 418 g/mol. The third-order valence-corrected chi connectivity index (χ3v) is 6.03. The minimum absolute atomic E-state index is 0.227. The number of esters is 2. The molecule has 0 spiro atoms. The van der Waals surface area contributed by atoms with Gasteiger partial charge in [0.15, 0.2) is 0 Å². The van der Waals surface area contributed by atoms with Crippen molar-refractivity contribution in [3.05, 3.63) is 77.7 Å². The Labute approximate surface area is 191 Å². The largest absolute Gasteiger partial charge is 0.465 e. The van der Waals surface area contributed by atoms with E-state index in [0.717, 1.165) is 40.7 Å². The van der Waals surface area contributed by atoms with E-state index in [1.165, 1.54) is 7.11 Å². The zero-order valence-corrected chi connectivity index (χ0v) is 18.7. The van der Waals surface area contributed by atoms with Crippen molar-refractivity contribution in [3.8, 4) is 11.4 Å². The van der Waals surface area contributed by atoms with Gasteiger partial charge in [0.1, 0.15) is 5.75 Å². The Kier molecular flexibility index (Phi) is 5.46. The number of ether oxygens (including phenoxy) is 2. The fourth-order valence-corrected chi connectivity index (χ4v) is 4.29. The van der Waals surface area contributed by atoms with Gasteiger partial charge in [-0.2, -0.15) is 5.10 Å². The van der Waals surface area contributed by atoms with E-state index in [4.69, 9.17) is 9.47 Å². The van der Waals surface area contributed by atoms with Crippen LogP contribution in [0.1, 0.15) is 46.9 Å². The van der Waals surface area contributed by atoms with Crippen molar-refractivity contribution in [2.24, 2.45) is 0 Å². The van der Waals surface area contributed by atoms with Gasteiger partial charge in [0.2, 0.25) is 0 Å². The molecule has 0 bridgehead atoms. The lowest BCUT2D eigenvalue weighted by Crippen LogP contribution is -2.09. The van der Waals surface area contributed by atoms with Gasteiger partial charge in [0.05, 0.1) is 31.0 Å². The van der Waals surface area contributed by atoms with Crippen LogP contribution in [0.2, 0.25) is 0 Å². The summed E-state index contributed by atoms with van der Waals surface area (Å²) in [6.07, 6.45) is 6.63. The summed E-state index contributed by atoms with van der Waals surface area (Å²) in [5, 5.41) is 5.12. The first-order chi connectivity index (χ1) is 16.0. The van der Waals surface area contributed by atoms with Crippen molar-refractivity contribution in [2.75, 3.05) is 7.11 Å². The highest BCUT2D eigenvalue weighted by molar-refractivity contribution is 6.06. The summed E-state index contributed by atoms with van der Waals surface area (Å²) in [6, 6.07) is 15.7. The molecule has 7 nitrogen and oxygen atoms in total. The summed E-state index contributed by atoms with van der Waals surface area (Å²) in [5.41, 5.74) is 4.30. The number of carbonyl (C=O) groups excluding carboxylic acids is 2. The number of nitrogens with zero attached hydrogens (tertiary/aromatic N) is 3. The number of methoxy groups -OCH3 is 1. The molecule has 0 amide bonds. The Bertz CT molecular complexity index is 1330. The van der Waals surface area contributed by atoms with E-state index in [1.807, 2.05) is 49.5 Å². The molecule has 7 heteroatoms. The van der Waals surface area contributed by atoms with Crippen molar-refractivity contribution in [1.29, 1.82) is 0 Å². The van der Waals surface area contributed by atoms with Gasteiger partial charge in [-0.25, -0.2) is 9.48 Å². The van der Waals surface area contributed by atoms with Crippen LogP contribution in [0, 0.1) is 6.92 Å². The maximum absolute atomic E-state index is 12.5. The van der Waals surface area contributed by atoms with Gasteiger partial charge in [-0.05, 0) is 62.1 Å². The topological polar surface area (TPSA) is 75.3 Å². The molecule has 2 aromatic heterocycles. The van der Waals surface area contributed by atoms with Crippen molar-refractivity contribution < 1.29 is 19.1 Å². The summed E-state index contributed by atoms with van der Waals surface area (Å²) in [6.45, 7) is 1.94. The summed E-state index contributed by atoms with van der Waals surface area (Å²) in [4.78, 5) is 25.0. The standard InChI is InChI=1S/C26H25N3O4/c1-17-25(26(31)32-2)22-14-21(11-12-23(22)29(17)20-9-10-20)33-24(30)13-8-18-15-27-28(16-18)19-6-4-3-5-7-19/h3-7,11-12,14-16,20H,8-10,13H2,1-2H3. The fraction of sp³-hybridized carbons (Fsp3) is 0.269. The van der Waals surface area contributed by atoms with Gasteiger partial charge in [-0.1, -0.05) is 18.2 Å². The normalized spacial score (nSPS) is 13.3. The van der Waals surface area contributed by atoms with Gasteiger partial charge in [0, 0.05) is 28.8 Å². The van der Waals surface area contributed by atoms with Gasteiger partial charge in [0.25, 0.3) is 0 Å². The van der Waals surface area contributed by atoms with E-state index in [9.17, 15) is 9.59 Å². The second-order valence-electron chi connectivity index (χ2n) is 8.33. The van der Waals surface area contributed by atoms with Crippen molar-refractivity contribution >= 4 is 22.8 Å². The highest BCUT2D eigenvalue weighted by Crippen LogP contribution is 2.42. The van der Waals surface area contributed by atoms with Crippen LogP contribution in [0.25, 0.3) is 16.6 Å². The summed E-state index contributed by atoms with van der Waals surface area (Å²) in [5.74, 6) is -0.291. The molecule has 4 aromatic rings. The third-order valence-electron chi connectivity index (χ3n) is 6.03. The van der Waals surface area contributed by atoms with E-state index in [0.29, 0.717) is 23.8 Å². The molecule has 2 heterocycles. The maximum atomic E-state index is 12.5. The number of para-hydroxylation sites is 1. The quantitative estimate of drug-likeness (QED) is 0.303. The summed E-state index contributed by atoms with van der Waals surface area (Å²) >= 11 is 0. The van der Waals surface area contributed by atoms with Crippen LogP contribution in [0.3, 0.4) is 0 Å². The molecule has 1 saturated carbocycles. The first-order valence-electron chi connectivity index (χ1n) is 11.1. The Hall–Kier alpha value is -3.87. The molecule has 0 atom stereocenters. The van der Waals surface area contributed by atoms with E-state index in [-0.39, 0.29) is 18.4 Å². The van der Waals surface area contributed by atoms with Gasteiger partial charge < -0.3 is 14.0 Å². The lowest BCUT2D eigenvalue weighted by atomic mass is 10.1. The predicted molar refractivity (Wildman–Crippen MR) is 124 cm³/mol. The molecule has 168 valence electrons. The maximum Gasteiger partial charge on any atom is 0.340 e. The van der Waals surface area contributed by atoms with Crippen LogP contribution in [-0.4, -0.2) is 33.4 Å². The molecule has 2 aromatic carbocycles. The molecule has 0 aliphatic heterocycles. The lowest BCUT2D eigenvalue weighted by molar-refractivity contribution is -0.134. The van der Waals surface area contributed by atoms with E-state index < -0.39 is 0 Å². The third kappa shape index (κ3) is 4.14. The van der Waals surface area contributed by atoms with Crippen molar-refractivity contribution in [3.63, 3.8) is 0 Å². The van der Waals surface area contributed by atoms with Crippen LogP contribution in [-0.2, 0) is 16.0 Å². The molecule has 5 rings (SSSR count). The zero-order chi connectivity index (χ0) is 22.9. The highest BCUT2D eigenvalue weighted by atomic mass is 16.5. The Morgan fingerprint density at radius 3 is 2.64 bits per heavy atom. The second-order valence-corrected chi connectivity index (χ2v) is 8.33. The predicted octanol–water partition coefficient (Wildman–Crippen LogP) is 4.80. The number of carbonyl (C=O) groups is 2. The fourth-order valence-electron chi connectivity index (χ4n) is 4.29. The monoisotopic (exact) mass is 443 g/mol. The van der Waals surface area contributed by atoms with Gasteiger partial charge in [-0.15, -0.1) is 0 Å². The first kappa shape index (κ1) is 21.0. The lowest BCUT2D eigenvalue weighted by Gasteiger charge is -2.07. The molecule has 1 aliphatic carbocycles. The number of aromatic nitrogens is 3. The summed E-state index contributed by atoms with van der Waals surface area (Å²) in [7, 11) is 1.38. The zero-order valence-electron chi connectivity index (χ0n) is 18.7. The van der Waals surface area contributed by atoms with Crippen LogP contribution in [0.15, 0.2) is 60.9 Å². The molecule has 1 aliphatic rings. The van der Waals surface area contributed by atoms with E-state index in [1.54, 1.807) is 23.0 Å². The smallest absolute Gasteiger partial charge is 0.340 e. The van der Waals surface area contributed by atoms with Gasteiger partial charge >= 0.3 is 11.9 Å². The van der Waals surface area contributed by atoms with E-state index in [2.05, 4.69) is 9.67 Å². The Morgan fingerprint density at radius 1 is 1.12 bits per heavy atom.